The van der Waals surface area contributed by atoms with Gasteiger partial charge in [-0.3, -0.25) is 33.5 Å². The Balaban J connectivity index is 0.000000787. The van der Waals surface area contributed by atoms with Gasteiger partial charge in [0.1, 0.15) is 17.2 Å². The van der Waals surface area contributed by atoms with Crippen LogP contribution in [0.2, 0.25) is 0 Å². The van der Waals surface area contributed by atoms with E-state index < -0.39 is 45.7 Å². The second-order valence-corrected chi connectivity index (χ2v) is 12.7. The van der Waals surface area contributed by atoms with Crippen molar-refractivity contribution in [3.8, 4) is 17.2 Å². The Morgan fingerprint density at radius 1 is 0.630 bits per heavy atom. The first-order valence-corrected chi connectivity index (χ1v) is 17.2. The number of aryl methyl sites for hydroxylation is 2. The van der Waals surface area contributed by atoms with E-state index in [-0.39, 0.29) is 60.3 Å². The average molecular weight is 773 g/mol. The second-order valence-electron chi connectivity index (χ2n) is 11.2. The number of carboxylic acid groups (broad SMARTS) is 1. The third kappa shape index (κ3) is 15.4. The van der Waals surface area contributed by atoms with E-state index in [1.54, 1.807) is 49.4 Å². The number of esters is 1. The smallest absolute Gasteiger partial charge is 1.00 e. The van der Waals surface area contributed by atoms with Crippen LogP contribution in [0.3, 0.4) is 0 Å². The van der Waals surface area contributed by atoms with Gasteiger partial charge in [-0.25, -0.2) is 9.59 Å². The number of carbonyl (C=O) groups excluding carboxylic acids is 5. The predicted octanol–water partition coefficient (Wildman–Crippen LogP) is 2.84. The number of hydrogen-bond acceptors (Lipinski definition) is 10. The van der Waals surface area contributed by atoms with E-state index in [2.05, 4.69) is 0 Å². The fourth-order valence-corrected chi connectivity index (χ4v) is 4.81. The Morgan fingerprint density at radius 2 is 1.07 bits per heavy atom. The molecule has 0 bridgehead atoms. The summed E-state index contributed by atoms with van der Waals surface area (Å²) in [5.41, 5.74) is 2.06. The van der Waals surface area contributed by atoms with Gasteiger partial charge in [0.2, 0.25) is 23.6 Å². The molecule has 0 saturated heterocycles. The number of carbonyl (C=O) groups is 6. The molecule has 0 saturated carbocycles. The summed E-state index contributed by atoms with van der Waals surface area (Å²) in [5.74, 6) is -1.81. The number of nitrogens with zero attached hydrogens (tertiary/aromatic N) is 2. The van der Waals surface area contributed by atoms with E-state index in [1.807, 2.05) is 37.3 Å². The summed E-state index contributed by atoms with van der Waals surface area (Å²) >= 11 is 0. The molecule has 0 aliphatic carbocycles. The van der Waals surface area contributed by atoms with Crippen LogP contribution in [0.1, 0.15) is 61.0 Å². The number of carboxylic acids is 1. The van der Waals surface area contributed by atoms with Gasteiger partial charge in [0.25, 0.3) is 10.1 Å². The van der Waals surface area contributed by atoms with Crippen molar-refractivity contribution in [1.29, 1.82) is 0 Å². The minimum absolute atomic E-state index is 0. The van der Waals surface area contributed by atoms with Gasteiger partial charge in [0.15, 0.2) is 0 Å². The van der Waals surface area contributed by atoms with Crippen LogP contribution in [0.5, 0.6) is 17.2 Å². The van der Waals surface area contributed by atoms with Crippen LogP contribution in [0.4, 0.5) is 0 Å². The normalized spacial score (nSPS) is 10.1. The van der Waals surface area contributed by atoms with Gasteiger partial charge >= 0.3 is 41.5 Å². The van der Waals surface area contributed by atoms with Crippen molar-refractivity contribution in [2.24, 2.45) is 0 Å². The molecule has 0 fully saturated rings. The van der Waals surface area contributed by atoms with E-state index >= 15 is 0 Å². The Hall–Kier alpha value is -5.19. The molecule has 0 aliphatic heterocycles. The molecule has 0 radical (unpaired) electrons. The van der Waals surface area contributed by atoms with Gasteiger partial charge in [-0.05, 0) is 67.4 Å². The maximum absolute atomic E-state index is 11.9. The molecule has 0 aromatic heterocycles. The van der Waals surface area contributed by atoms with Gasteiger partial charge in [0, 0.05) is 46.9 Å². The first-order valence-electron chi connectivity index (χ1n) is 15.8. The van der Waals surface area contributed by atoms with Crippen molar-refractivity contribution in [2.75, 3.05) is 13.1 Å². The number of amides is 4. The van der Waals surface area contributed by atoms with E-state index in [0.29, 0.717) is 22.6 Å². The quantitative estimate of drug-likeness (QED) is 0.109. The molecule has 16 heteroatoms. The van der Waals surface area contributed by atoms with Gasteiger partial charge in [-0.2, -0.15) is 8.42 Å². The third-order valence-electron chi connectivity index (χ3n) is 7.14. The second kappa shape index (κ2) is 22.1. The Bertz CT molecular complexity index is 2000. The Kier molecular flexibility index (Phi) is 19.2. The molecule has 282 valence electrons. The zero-order valence-electron chi connectivity index (χ0n) is 31.9. The van der Waals surface area contributed by atoms with E-state index in [4.69, 9.17) is 19.1 Å². The molecule has 0 heterocycles. The molecular weight excluding hydrogens is 731 g/mol. The average Bonchev–Trinajstić information content (AvgIpc) is 3.08. The minimum atomic E-state index is -4.33. The first-order chi connectivity index (χ1) is 24.8. The Morgan fingerprint density at radius 3 is 1.52 bits per heavy atom. The SMILES string of the molecule is CC(=O)N(CCN(C(C)=O)C(C)=O)C(C)=O.Cc1ccc(C(=O)O)cc1Oc1ccccc1.Cc1ccc(S(=O)(=O)O)cc1OC(=O)c1ccccc1.[H-].[Na+]. The number of rotatable bonds is 9. The van der Waals surface area contributed by atoms with E-state index in [1.165, 1.54) is 45.9 Å². The summed E-state index contributed by atoms with van der Waals surface area (Å²) in [6.45, 7) is 8.64. The van der Waals surface area contributed by atoms with Gasteiger partial charge < -0.3 is 16.0 Å². The van der Waals surface area contributed by atoms with Crippen LogP contribution >= 0.6 is 0 Å². The van der Waals surface area contributed by atoms with Crippen LogP contribution in [0.25, 0.3) is 0 Å². The number of hydrogen-bond donors (Lipinski definition) is 2. The molecule has 4 aromatic rings. The van der Waals surface area contributed by atoms with E-state index in [9.17, 15) is 37.2 Å². The van der Waals surface area contributed by atoms with Crippen molar-refractivity contribution >= 4 is 45.7 Å². The molecule has 0 unspecified atom stereocenters. The standard InChI is InChI=1S/C14H12O5S.C14H12O3.C10H16N2O4.Na.H/c1-10-7-8-12(20(16,17)18)9-13(10)19-14(15)11-5-3-2-4-6-11;1-10-7-8-11(14(15)16)9-13(10)17-12-5-3-2-4-6-12;1-7(13)11(8(2)14)5-6-12(9(3)15)10(4)16;;/h2-9H,1H3,(H,16,17,18);2-9H,1H3,(H,15,16);5-6H2,1-4H3;;/q;;;+1;-1. The number of benzene rings is 4. The maximum Gasteiger partial charge on any atom is 1.00 e. The number of ether oxygens (including phenoxy) is 2. The van der Waals surface area contributed by atoms with Gasteiger partial charge in [-0.1, -0.05) is 48.5 Å². The van der Waals surface area contributed by atoms with Crippen molar-refractivity contribution < 1.29 is 87.3 Å². The summed E-state index contributed by atoms with van der Waals surface area (Å²) < 4.78 is 41.9. The summed E-state index contributed by atoms with van der Waals surface area (Å²) in [7, 11) is -4.33. The van der Waals surface area contributed by atoms with Crippen molar-refractivity contribution in [3.63, 3.8) is 0 Å². The molecule has 0 aliphatic rings. The molecule has 4 amide bonds. The fraction of sp³-hybridized carbons (Fsp3) is 0.211. The summed E-state index contributed by atoms with van der Waals surface area (Å²) in [5, 5.41) is 8.91. The zero-order chi connectivity index (χ0) is 39.9. The third-order valence-corrected chi connectivity index (χ3v) is 7.99. The monoisotopic (exact) mass is 772 g/mol. The van der Waals surface area contributed by atoms with Crippen LogP contribution in [-0.4, -0.2) is 76.5 Å². The first kappa shape index (κ1) is 46.8. The van der Waals surface area contributed by atoms with Gasteiger partial charge in [0.05, 0.1) is 16.0 Å². The maximum atomic E-state index is 11.9. The number of aromatic carboxylic acids is 1. The minimum Gasteiger partial charge on any atom is -1.00 e. The van der Waals surface area contributed by atoms with Crippen LogP contribution in [-0.2, 0) is 29.3 Å². The topological polar surface area (TPSA) is 202 Å². The largest absolute Gasteiger partial charge is 1.00 e. The Labute approximate surface area is 337 Å². The molecule has 0 atom stereocenters. The molecule has 14 nitrogen and oxygen atoms in total. The molecule has 54 heavy (non-hydrogen) atoms. The zero-order valence-corrected chi connectivity index (χ0v) is 33.7. The van der Waals surface area contributed by atoms with Crippen LogP contribution < -0.4 is 39.0 Å². The molecule has 2 N–H and O–H groups in total. The number of imide groups is 2. The van der Waals surface area contributed by atoms with Crippen molar-refractivity contribution in [3.05, 3.63) is 119 Å². The van der Waals surface area contributed by atoms with Crippen LogP contribution in [0, 0.1) is 13.8 Å². The summed E-state index contributed by atoms with van der Waals surface area (Å²) in [6.07, 6.45) is 0. The predicted molar refractivity (Wildman–Crippen MR) is 194 cm³/mol. The summed E-state index contributed by atoms with van der Waals surface area (Å²) in [6, 6.07) is 26.3. The molecule has 0 spiro atoms. The van der Waals surface area contributed by atoms with Crippen molar-refractivity contribution in [1.82, 2.24) is 9.80 Å². The van der Waals surface area contributed by atoms with Crippen molar-refractivity contribution in [2.45, 2.75) is 46.4 Å². The molecular formula is C38H41N2NaO12S. The van der Waals surface area contributed by atoms with Crippen LogP contribution in [0.15, 0.2) is 102 Å². The van der Waals surface area contributed by atoms with E-state index in [0.717, 1.165) is 21.4 Å². The molecule has 4 aromatic carbocycles. The van der Waals surface area contributed by atoms with Gasteiger partial charge in [-0.15, -0.1) is 0 Å². The fourth-order valence-electron chi connectivity index (χ4n) is 4.32. The summed E-state index contributed by atoms with van der Waals surface area (Å²) in [4.78, 5) is 68.6. The molecule has 4 rings (SSSR count). The number of para-hydroxylation sites is 1.